The molecule has 0 aliphatic carbocycles. The fraction of sp³-hybridized carbons (Fsp3) is 0. The van der Waals surface area contributed by atoms with Crippen LogP contribution >= 0.6 is 31.9 Å². The first-order valence-electron chi connectivity index (χ1n) is 6.73. The number of pyridine rings is 2. The van der Waals surface area contributed by atoms with Crippen molar-refractivity contribution in [2.24, 2.45) is 0 Å². The van der Waals surface area contributed by atoms with Crippen molar-refractivity contribution >= 4 is 53.7 Å². The van der Waals surface area contributed by atoms with Gasteiger partial charge in [-0.3, -0.25) is 9.97 Å². The Labute approximate surface area is 145 Å². The number of benzene rings is 2. The summed E-state index contributed by atoms with van der Waals surface area (Å²) in [5.74, 6) is 0. The largest absolute Gasteiger partial charge is 0.256 e. The second kappa shape index (κ2) is 6.99. The van der Waals surface area contributed by atoms with E-state index >= 15 is 0 Å². The highest BCUT2D eigenvalue weighted by atomic mass is 79.9. The molecule has 2 heterocycles. The Bertz CT molecular complexity index is 911. The molecule has 2 aromatic carbocycles. The molecular weight excluding hydrogens is 404 g/mol. The van der Waals surface area contributed by atoms with Crippen molar-refractivity contribution in [1.29, 1.82) is 0 Å². The number of halogens is 2. The van der Waals surface area contributed by atoms with E-state index in [9.17, 15) is 0 Å². The summed E-state index contributed by atoms with van der Waals surface area (Å²) in [5, 5.41) is 2.33. The maximum absolute atomic E-state index is 4.21. The van der Waals surface area contributed by atoms with Crippen LogP contribution in [0.4, 0.5) is 0 Å². The molecule has 0 amide bonds. The molecule has 0 saturated carbocycles. The van der Waals surface area contributed by atoms with Crippen LogP contribution in [0.15, 0.2) is 82.0 Å². The van der Waals surface area contributed by atoms with Gasteiger partial charge >= 0.3 is 0 Å². The van der Waals surface area contributed by atoms with Gasteiger partial charge in [0.15, 0.2) is 0 Å². The lowest BCUT2D eigenvalue weighted by Gasteiger charge is -1.96. The van der Waals surface area contributed by atoms with Gasteiger partial charge in [0.05, 0.1) is 11.0 Å². The number of fused-ring (bicyclic) bond motifs is 2. The van der Waals surface area contributed by atoms with Gasteiger partial charge in [0.2, 0.25) is 0 Å². The van der Waals surface area contributed by atoms with Crippen molar-refractivity contribution in [2.45, 2.75) is 0 Å². The highest BCUT2D eigenvalue weighted by molar-refractivity contribution is 9.11. The van der Waals surface area contributed by atoms with Crippen molar-refractivity contribution in [3.8, 4) is 0 Å². The van der Waals surface area contributed by atoms with Crippen LogP contribution in [0.3, 0.4) is 0 Å². The average molecular weight is 416 g/mol. The van der Waals surface area contributed by atoms with E-state index in [1.54, 1.807) is 12.4 Å². The standard InChI is InChI=1S/2C9H6BrN/c10-8-4-1-5-9-7(8)3-2-6-11-9;10-8-3-4-9-7(6-8)2-1-5-11-9/h2*1-6H. The third-order valence-corrected chi connectivity index (χ3v) is 4.34. The molecule has 0 fully saturated rings. The Kier molecular flexibility index (Phi) is 4.80. The smallest absolute Gasteiger partial charge is 0.0713 e. The third kappa shape index (κ3) is 3.51. The highest BCUT2D eigenvalue weighted by Gasteiger charge is 1.95. The summed E-state index contributed by atoms with van der Waals surface area (Å²) in [4.78, 5) is 8.41. The molecule has 4 heteroatoms. The predicted molar refractivity (Wildman–Crippen MR) is 98.9 cm³/mol. The van der Waals surface area contributed by atoms with E-state index in [4.69, 9.17) is 0 Å². The lowest BCUT2D eigenvalue weighted by atomic mass is 10.2. The van der Waals surface area contributed by atoms with Crippen molar-refractivity contribution in [1.82, 2.24) is 9.97 Å². The van der Waals surface area contributed by atoms with Gasteiger partial charge in [-0.15, -0.1) is 0 Å². The number of nitrogens with zero attached hydrogens (tertiary/aromatic N) is 2. The number of aromatic nitrogens is 2. The van der Waals surface area contributed by atoms with E-state index in [1.807, 2.05) is 54.6 Å². The summed E-state index contributed by atoms with van der Waals surface area (Å²) in [5.41, 5.74) is 2.07. The zero-order chi connectivity index (χ0) is 15.4. The van der Waals surface area contributed by atoms with E-state index in [1.165, 1.54) is 5.39 Å². The Morgan fingerprint density at radius 1 is 0.682 bits per heavy atom. The Morgan fingerprint density at radius 3 is 2.27 bits per heavy atom. The summed E-state index contributed by atoms with van der Waals surface area (Å²) in [6, 6.07) is 20.0. The molecule has 0 aliphatic rings. The molecule has 108 valence electrons. The minimum absolute atomic E-state index is 1.03. The van der Waals surface area contributed by atoms with Gasteiger partial charge in [-0.25, -0.2) is 0 Å². The van der Waals surface area contributed by atoms with E-state index in [0.717, 1.165) is 25.4 Å². The van der Waals surface area contributed by atoms with Gasteiger partial charge in [0.25, 0.3) is 0 Å². The topological polar surface area (TPSA) is 25.8 Å². The van der Waals surface area contributed by atoms with Gasteiger partial charge in [-0.2, -0.15) is 0 Å². The van der Waals surface area contributed by atoms with Crippen LogP contribution in [0.2, 0.25) is 0 Å². The van der Waals surface area contributed by atoms with Gasteiger partial charge in [-0.1, -0.05) is 50.1 Å². The molecular formula is C18H12Br2N2. The molecule has 2 nitrogen and oxygen atoms in total. The van der Waals surface area contributed by atoms with Crippen LogP contribution in [-0.2, 0) is 0 Å². The lowest BCUT2D eigenvalue weighted by Crippen LogP contribution is -1.76. The molecule has 4 rings (SSSR count). The molecule has 0 atom stereocenters. The second-order valence-electron chi connectivity index (χ2n) is 4.65. The zero-order valence-electron chi connectivity index (χ0n) is 11.6. The normalized spacial score (nSPS) is 10.3. The first-order valence-corrected chi connectivity index (χ1v) is 8.32. The molecule has 0 saturated heterocycles. The Balaban J connectivity index is 0.000000131. The van der Waals surface area contributed by atoms with Gasteiger partial charge in [-0.05, 0) is 42.5 Å². The van der Waals surface area contributed by atoms with E-state index < -0.39 is 0 Å². The summed E-state index contributed by atoms with van der Waals surface area (Å²) < 4.78 is 2.20. The Morgan fingerprint density at radius 2 is 1.45 bits per heavy atom. The molecule has 0 N–H and O–H groups in total. The molecule has 4 aromatic rings. The monoisotopic (exact) mass is 414 g/mol. The maximum atomic E-state index is 4.21. The fourth-order valence-corrected chi connectivity index (χ4v) is 2.98. The van der Waals surface area contributed by atoms with E-state index in [0.29, 0.717) is 0 Å². The van der Waals surface area contributed by atoms with Crippen LogP contribution in [0.1, 0.15) is 0 Å². The third-order valence-electron chi connectivity index (χ3n) is 3.16. The molecule has 0 bridgehead atoms. The van der Waals surface area contributed by atoms with Crippen LogP contribution in [0.5, 0.6) is 0 Å². The minimum atomic E-state index is 1.03. The molecule has 0 unspecified atom stereocenters. The first-order chi connectivity index (χ1) is 10.7. The quantitative estimate of drug-likeness (QED) is 0.352. The summed E-state index contributed by atoms with van der Waals surface area (Å²) in [7, 11) is 0. The SMILES string of the molecule is Brc1ccc2ncccc2c1.Brc1cccc2ncccc12. The van der Waals surface area contributed by atoms with Crippen LogP contribution in [0, 0.1) is 0 Å². The van der Waals surface area contributed by atoms with Crippen molar-refractivity contribution in [3.63, 3.8) is 0 Å². The van der Waals surface area contributed by atoms with Crippen molar-refractivity contribution in [2.75, 3.05) is 0 Å². The van der Waals surface area contributed by atoms with Gasteiger partial charge in [0, 0.05) is 32.1 Å². The van der Waals surface area contributed by atoms with Crippen molar-refractivity contribution in [3.05, 3.63) is 82.0 Å². The molecule has 0 aliphatic heterocycles. The summed E-state index contributed by atoms with van der Waals surface area (Å²) >= 11 is 6.86. The van der Waals surface area contributed by atoms with E-state index in [2.05, 4.69) is 47.9 Å². The summed E-state index contributed by atoms with van der Waals surface area (Å²) in [6.45, 7) is 0. The van der Waals surface area contributed by atoms with Crippen molar-refractivity contribution < 1.29 is 0 Å². The van der Waals surface area contributed by atoms with Crippen LogP contribution < -0.4 is 0 Å². The molecule has 2 aromatic heterocycles. The first kappa shape index (κ1) is 15.1. The lowest BCUT2D eigenvalue weighted by molar-refractivity contribution is 1.41. The fourth-order valence-electron chi connectivity index (χ4n) is 2.11. The van der Waals surface area contributed by atoms with Gasteiger partial charge < -0.3 is 0 Å². The zero-order valence-corrected chi connectivity index (χ0v) is 14.8. The van der Waals surface area contributed by atoms with Gasteiger partial charge in [0.1, 0.15) is 0 Å². The Hall–Kier alpha value is -1.78. The van der Waals surface area contributed by atoms with Crippen LogP contribution in [-0.4, -0.2) is 9.97 Å². The maximum Gasteiger partial charge on any atom is 0.0713 e. The second-order valence-corrected chi connectivity index (χ2v) is 6.42. The highest BCUT2D eigenvalue weighted by Crippen LogP contribution is 2.21. The molecule has 0 radical (unpaired) electrons. The van der Waals surface area contributed by atoms with E-state index in [-0.39, 0.29) is 0 Å². The number of hydrogen-bond donors (Lipinski definition) is 0. The molecule has 22 heavy (non-hydrogen) atoms. The number of rotatable bonds is 0. The predicted octanol–water partition coefficient (Wildman–Crippen LogP) is 5.99. The average Bonchev–Trinajstić information content (AvgIpc) is 2.56. The van der Waals surface area contributed by atoms with Crippen LogP contribution in [0.25, 0.3) is 21.8 Å². The summed E-state index contributed by atoms with van der Waals surface area (Å²) in [6.07, 6.45) is 3.60. The molecule has 0 spiro atoms. The number of hydrogen-bond acceptors (Lipinski definition) is 2. The minimum Gasteiger partial charge on any atom is -0.256 e.